The fourth-order valence-electron chi connectivity index (χ4n) is 2.05. The molecule has 0 aliphatic carbocycles. The van der Waals surface area contributed by atoms with Crippen molar-refractivity contribution < 1.29 is 19.4 Å². The van der Waals surface area contributed by atoms with Crippen molar-refractivity contribution in [1.82, 2.24) is 0 Å². The van der Waals surface area contributed by atoms with Crippen molar-refractivity contribution in [2.24, 2.45) is 0 Å². The number of aromatic carboxylic acids is 1. The lowest BCUT2D eigenvalue weighted by Gasteiger charge is -2.10. The van der Waals surface area contributed by atoms with E-state index in [2.05, 4.69) is 5.32 Å². The number of carboxylic acid groups (broad SMARTS) is 1. The number of benzene rings is 2. The van der Waals surface area contributed by atoms with Gasteiger partial charge in [0.1, 0.15) is 6.61 Å². The average Bonchev–Trinajstić information content (AvgIpc) is 2.53. The lowest BCUT2D eigenvalue weighted by atomic mass is 10.0. The number of ether oxygens (including phenoxy) is 1. The zero-order chi connectivity index (χ0) is 15.9. The molecule has 0 aromatic heterocycles. The van der Waals surface area contributed by atoms with E-state index in [-0.39, 0.29) is 12.2 Å². The normalized spacial score (nSPS) is 10.0. The van der Waals surface area contributed by atoms with E-state index >= 15 is 0 Å². The zero-order valence-electron chi connectivity index (χ0n) is 12.2. The van der Waals surface area contributed by atoms with Crippen molar-refractivity contribution in [3.8, 4) is 0 Å². The number of amides is 1. The number of hydrogen-bond donors (Lipinski definition) is 2. The molecule has 0 radical (unpaired) electrons. The molecule has 0 fully saturated rings. The molecular weight excluding hydrogens is 282 g/mol. The summed E-state index contributed by atoms with van der Waals surface area (Å²) >= 11 is 0. The van der Waals surface area contributed by atoms with Crippen molar-refractivity contribution in [2.45, 2.75) is 20.0 Å². The molecule has 0 aliphatic rings. The quantitative estimate of drug-likeness (QED) is 0.882. The molecule has 0 saturated carbocycles. The molecule has 0 heterocycles. The van der Waals surface area contributed by atoms with Crippen LogP contribution in [0, 0.1) is 0 Å². The van der Waals surface area contributed by atoms with Gasteiger partial charge >= 0.3 is 12.1 Å². The van der Waals surface area contributed by atoms with Gasteiger partial charge in [-0.15, -0.1) is 0 Å². The molecule has 2 aromatic carbocycles. The van der Waals surface area contributed by atoms with Crippen LogP contribution in [-0.4, -0.2) is 17.2 Å². The van der Waals surface area contributed by atoms with E-state index in [1.165, 1.54) is 6.07 Å². The van der Waals surface area contributed by atoms with Gasteiger partial charge in [-0.3, -0.25) is 5.32 Å². The van der Waals surface area contributed by atoms with Crippen LogP contribution < -0.4 is 5.32 Å². The van der Waals surface area contributed by atoms with E-state index < -0.39 is 12.1 Å². The molecule has 114 valence electrons. The largest absolute Gasteiger partial charge is 0.478 e. The SMILES string of the molecule is CCc1cc(NC(=O)OCc2ccccc2)ccc1C(=O)O. The Bertz CT molecular complexity index is 668. The standard InChI is InChI=1S/C17H17NO4/c1-2-13-10-14(8-9-15(13)16(19)20)18-17(21)22-11-12-6-4-3-5-7-12/h3-10H,2,11H2,1H3,(H,18,21)(H,19,20). The third-order valence-corrected chi connectivity index (χ3v) is 3.18. The molecule has 0 spiro atoms. The molecule has 0 unspecified atom stereocenters. The first-order valence-electron chi connectivity index (χ1n) is 6.94. The second-order valence-electron chi connectivity index (χ2n) is 4.72. The number of carbonyl (C=O) groups excluding carboxylic acids is 1. The summed E-state index contributed by atoms with van der Waals surface area (Å²) in [5.41, 5.74) is 2.31. The Morgan fingerprint density at radius 2 is 1.86 bits per heavy atom. The van der Waals surface area contributed by atoms with Crippen LogP contribution in [0.2, 0.25) is 0 Å². The molecule has 0 saturated heterocycles. The Balaban J connectivity index is 1.98. The number of anilines is 1. The molecule has 0 bridgehead atoms. The highest BCUT2D eigenvalue weighted by molar-refractivity contribution is 5.91. The predicted octanol–water partition coefficient (Wildman–Crippen LogP) is 3.70. The van der Waals surface area contributed by atoms with Crippen LogP contribution in [0.5, 0.6) is 0 Å². The number of rotatable bonds is 5. The number of aryl methyl sites for hydroxylation is 1. The monoisotopic (exact) mass is 299 g/mol. The fraction of sp³-hybridized carbons (Fsp3) is 0.176. The molecule has 22 heavy (non-hydrogen) atoms. The molecule has 0 atom stereocenters. The summed E-state index contributed by atoms with van der Waals surface area (Å²) in [4.78, 5) is 22.8. The van der Waals surface area contributed by atoms with Crippen LogP contribution in [0.25, 0.3) is 0 Å². The molecule has 5 heteroatoms. The molecule has 1 amide bonds. The summed E-state index contributed by atoms with van der Waals surface area (Å²) < 4.78 is 5.12. The third-order valence-electron chi connectivity index (χ3n) is 3.18. The number of hydrogen-bond acceptors (Lipinski definition) is 3. The van der Waals surface area contributed by atoms with Crippen molar-refractivity contribution in [3.05, 3.63) is 65.2 Å². The van der Waals surface area contributed by atoms with Crippen LogP contribution >= 0.6 is 0 Å². The lowest BCUT2D eigenvalue weighted by Crippen LogP contribution is -2.14. The summed E-state index contributed by atoms with van der Waals surface area (Å²) in [7, 11) is 0. The van der Waals surface area contributed by atoms with Crippen LogP contribution in [0.3, 0.4) is 0 Å². The smallest absolute Gasteiger partial charge is 0.411 e. The third kappa shape index (κ3) is 4.09. The summed E-state index contributed by atoms with van der Waals surface area (Å²) in [6, 6.07) is 14.0. The van der Waals surface area contributed by atoms with Crippen LogP contribution in [0.1, 0.15) is 28.4 Å². The first-order valence-corrected chi connectivity index (χ1v) is 6.94. The van der Waals surface area contributed by atoms with Gasteiger partial charge < -0.3 is 9.84 Å². The van der Waals surface area contributed by atoms with Crippen LogP contribution in [0.15, 0.2) is 48.5 Å². The van der Waals surface area contributed by atoms with Gasteiger partial charge in [0.25, 0.3) is 0 Å². The molecule has 2 N–H and O–H groups in total. The molecular formula is C17H17NO4. The van der Waals surface area contributed by atoms with E-state index in [0.717, 1.165) is 5.56 Å². The Morgan fingerprint density at radius 3 is 2.50 bits per heavy atom. The van der Waals surface area contributed by atoms with Crippen molar-refractivity contribution in [1.29, 1.82) is 0 Å². The van der Waals surface area contributed by atoms with E-state index in [0.29, 0.717) is 17.7 Å². The predicted molar refractivity (Wildman–Crippen MR) is 83.0 cm³/mol. The number of carbonyl (C=O) groups is 2. The second-order valence-corrected chi connectivity index (χ2v) is 4.72. The molecule has 2 aromatic rings. The Kier molecular flexibility index (Phi) is 5.14. The first-order chi connectivity index (χ1) is 10.6. The first kappa shape index (κ1) is 15.6. The Labute approximate surface area is 128 Å². The van der Waals surface area contributed by atoms with Crippen molar-refractivity contribution >= 4 is 17.7 Å². The van der Waals surface area contributed by atoms with E-state index in [9.17, 15) is 9.59 Å². The van der Waals surface area contributed by atoms with E-state index in [1.54, 1.807) is 12.1 Å². The minimum absolute atomic E-state index is 0.181. The van der Waals surface area contributed by atoms with Gasteiger partial charge in [-0.25, -0.2) is 9.59 Å². The van der Waals surface area contributed by atoms with Crippen molar-refractivity contribution in [2.75, 3.05) is 5.32 Å². The van der Waals surface area contributed by atoms with Crippen LogP contribution in [-0.2, 0) is 17.8 Å². The maximum absolute atomic E-state index is 11.8. The van der Waals surface area contributed by atoms with Gasteiger partial charge in [-0.2, -0.15) is 0 Å². The molecule has 5 nitrogen and oxygen atoms in total. The summed E-state index contributed by atoms with van der Waals surface area (Å²) in [5.74, 6) is -0.977. The second kappa shape index (κ2) is 7.26. The van der Waals surface area contributed by atoms with Gasteiger partial charge in [-0.1, -0.05) is 37.3 Å². The lowest BCUT2D eigenvalue weighted by molar-refractivity contribution is 0.0695. The maximum atomic E-state index is 11.8. The van der Waals surface area contributed by atoms with Gasteiger partial charge in [0, 0.05) is 5.69 Å². The van der Waals surface area contributed by atoms with Gasteiger partial charge in [0.2, 0.25) is 0 Å². The Hall–Kier alpha value is -2.82. The van der Waals surface area contributed by atoms with Gasteiger partial charge in [-0.05, 0) is 35.7 Å². The maximum Gasteiger partial charge on any atom is 0.411 e. The number of nitrogens with one attached hydrogen (secondary N) is 1. The topological polar surface area (TPSA) is 75.6 Å². The fourth-order valence-corrected chi connectivity index (χ4v) is 2.05. The summed E-state index contributed by atoms with van der Waals surface area (Å²) in [6.45, 7) is 2.04. The summed E-state index contributed by atoms with van der Waals surface area (Å²) in [6.07, 6.45) is -0.00933. The van der Waals surface area contributed by atoms with E-state index in [1.807, 2.05) is 37.3 Å². The van der Waals surface area contributed by atoms with Crippen molar-refractivity contribution in [3.63, 3.8) is 0 Å². The van der Waals surface area contributed by atoms with E-state index in [4.69, 9.17) is 9.84 Å². The minimum atomic E-state index is -0.977. The highest BCUT2D eigenvalue weighted by Crippen LogP contribution is 2.17. The minimum Gasteiger partial charge on any atom is -0.478 e. The molecule has 2 rings (SSSR count). The summed E-state index contributed by atoms with van der Waals surface area (Å²) in [5, 5.41) is 11.7. The Morgan fingerprint density at radius 1 is 1.14 bits per heavy atom. The van der Waals surface area contributed by atoms with Crippen LogP contribution in [0.4, 0.5) is 10.5 Å². The highest BCUT2D eigenvalue weighted by Gasteiger charge is 2.11. The molecule has 0 aliphatic heterocycles. The zero-order valence-corrected chi connectivity index (χ0v) is 12.2. The highest BCUT2D eigenvalue weighted by atomic mass is 16.5. The average molecular weight is 299 g/mol. The van der Waals surface area contributed by atoms with Gasteiger partial charge in [0.05, 0.1) is 5.56 Å². The number of carboxylic acids is 1. The van der Waals surface area contributed by atoms with Gasteiger partial charge in [0.15, 0.2) is 0 Å².